The van der Waals surface area contributed by atoms with Gasteiger partial charge < -0.3 is 20.9 Å². The largest absolute Gasteiger partial charge is 0.457 e. The van der Waals surface area contributed by atoms with Gasteiger partial charge in [-0.15, -0.1) is 0 Å². The molecule has 0 aliphatic heterocycles. The molecule has 4 aromatic rings. The Hall–Kier alpha value is -3.92. The molecule has 0 unspecified atom stereocenters. The summed E-state index contributed by atoms with van der Waals surface area (Å²) in [4.78, 5) is 0. The highest BCUT2D eigenvalue weighted by Crippen LogP contribution is 2.46. The maximum atomic E-state index is 5.99. The Bertz CT molecular complexity index is 1180. The molecule has 0 amide bonds. The second-order valence-electron chi connectivity index (χ2n) is 10.8. The zero-order chi connectivity index (χ0) is 26.5. The minimum atomic E-state index is 0.0560. The van der Waals surface area contributed by atoms with Gasteiger partial charge in [-0.3, -0.25) is 0 Å². The van der Waals surface area contributed by atoms with E-state index >= 15 is 0 Å². The lowest BCUT2D eigenvalue weighted by molar-refractivity contribution is 0.0829. The summed E-state index contributed by atoms with van der Waals surface area (Å²) >= 11 is 0. The van der Waals surface area contributed by atoms with Crippen molar-refractivity contribution in [3.8, 4) is 23.0 Å². The van der Waals surface area contributed by atoms with Crippen LogP contribution < -0.4 is 20.9 Å². The van der Waals surface area contributed by atoms with Gasteiger partial charge in [0.1, 0.15) is 23.0 Å². The van der Waals surface area contributed by atoms with E-state index in [2.05, 4.69) is 52.0 Å². The SMILES string of the molecule is CCC(C)(C)C(C)(Cc1ccc(Oc2ccc(N)cc2)cc1)Cc1ccc(Oc2ccc(N)cc2)cc1. The summed E-state index contributed by atoms with van der Waals surface area (Å²) in [7, 11) is 0. The lowest BCUT2D eigenvalue weighted by atomic mass is 9.60. The predicted molar refractivity (Wildman–Crippen MR) is 154 cm³/mol. The fourth-order valence-electron chi connectivity index (χ4n) is 4.56. The monoisotopic (exact) mass is 494 g/mol. The third-order valence-corrected chi connectivity index (χ3v) is 7.78. The number of hydrogen-bond donors (Lipinski definition) is 2. The highest BCUT2D eigenvalue weighted by molar-refractivity contribution is 5.44. The zero-order valence-electron chi connectivity index (χ0n) is 22.3. The van der Waals surface area contributed by atoms with Crippen LogP contribution in [0.15, 0.2) is 97.1 Å². The van der Waals surface area contributed by atoms with Crippen molar-refractivity contribution in [2.24, 2.45) is 10.8 Å². The fourth-order valence-corrected chi connectivity index (χ4v) is 4.56. The van der Waals surface area contributed by atoms with E-state index < -0.39 is 0 Å². The van der Waals surface area contributed by atoms with E-state index in [1.807, 2.05) is 72.8 Å². The Morgan fingerprint density at radius 3 is 1.11 bits per heavy atom. The second kappa shape index (κ2) is 11.0. The van der Waals surface area contributed by atoms with Crippen LogP contribution in [0.25, 0.3) is 0 Å². The third kappa shape index (κ3) is 6.65. The van der Waals surface area contributed by atoms with Gasteiger partial charge in [0, 0.05) is 11.4 Å². The summed E-state index contributed by atoms with van der Waals surface area (Å²) < 4.78 is 12.0. The van der Waals surface area contributed by atoms with Crippen molar-refractivity contribution < 1.29 is 9.47 Å². The van der Waals surface area contributed by atoms with Crippen molar-refractivity contribution in [2.45, 2.75) is 47.0 Å². The molecule has 4 nitrogen and oxygen atoms in total. The number of rotatable bonds is 10. The van der Waals surface area contributed by atoms with E-state index in [4.69, 9.17) is 20.9 Å². The lowest BCUT2D eigenvalue weighted by Gasteiger charge is -2.45. The molecule has 192 valence electrons. The number of nitrogens with two attached hydrogens (primary N) is 2. The maximum Gasteiger partial charge on any atom is 0.127 e. The molecule has 4 heteroatoms. The van der Waals surface area contributed by atoms with Crippen LogP contribution in [0.3, 0.4) is 0 Å². The van der Waals surface area contributed by atoms with Gasteiger partial charge in [-0.1, -0.05) is 58.4 Å². The number of hydrogen-bond acceptors (Lipinski definition) is 4. The molecule has 0 heterocycles. The van der Waals surface area contributed by atoms with Gasteiger partial charge in [0.25, 0.3) is 0 Å². The van der Waals surface area contributed by atoms with Crippen LogP contribution in [0.1, 0.15) is 45.2 Å². The maximum absolute atomic E-state index is 5.99. The van der Waals surface area contributed by atoms with Crippen LogP contribution in [-0.4, -0.2) is 0 Å². The smallest absolute Gasteiger partial charge is 0.127 e. The molecule has 0 saturated heterocycles. The minimum Gasteiger partial charge on any atom is -0.457 e. The van der Waals surface area contributed by atoms with E-state index in [-0.39, 0.29) is 10.8 Å². The molecule has 0 saturated carbocycles. The molecule has 4 N–H and O–H groups in total. The number of ether oxygens (including phenoxy) is 2. The van der Waals surface area contributed by atoms with Crippen molar-refractivity contribution in [1.82, 2.24) is 0 Å². The molecule has 0 aromatic heterocycles. The fraction of sp³-hybridized carbons (Fsp3) is 0.273. The Balaban J connectivity index is 1.47. The summed E-state index contributed by atoms with van der Waals surface area (Å²) in [6, 6.07) is 31.8. The van der Waals surface area contributed by atoms with Gasteiger partial charge in [-0.05, 0) is 108 Å². The third-order valence-electron chi connectivity index (χ3n) is 7.78. The highest BCUT2D eigenvalue weighted by atomic mass is 16.5. The van der Waals surface area contributed by atoms with Gasteiger partial charge in [0.15, 0.2) is 0 Å². The number of nitrogen functional groups attached to an aromatic ring is 2. The first kappa shape index (κ1) is 26.2. The molecule has 4 rings (SSSR count). The minimum absolute atomic E-state index is 0.0560. The topological polar surface area (TPSA) is 70.5 Å². The molecule has 37 heavy (non-hydrogen) atoms. The second-order valence-corrected chi connectivity index (χ2v) is 10.8. The van der Waals surface area contributed by atoms with E-state index in [0.29, 0.717) is 0 Å². The van der Waals surface area contributed by atoms with Crippen LogP contribution >= 0.6 is 0 Å². The van der Waals surface area contributed by atoms with Crippen molar-refractivity contribution in [2.75, 3.05) is 11.5 Å². The Morgan fingerprint density at radius 1 is 0.514 bits per heavy atom. The van der Waals surface area contributed by atoms with Crippen molar-refractivity contribution in [3.63, 3.8) is 0 Å². The molecule has 0 aliphatic rings. The first-order valence-electron chi connectivity index (χ1n) is 12.9. The summed E-state index contributed by atoms with van der Waals surface area (Å²) in [5.74, 6) is 3.20. The van der Waals surface area contributed by atoms with E-state index in [1.54, 1.807) is 0 Å². The summed E-state index contributed by atoms with van der Waals surface area (Å²) in [5, 5.41) is 0. The molecule has 0 radical (unpaired) electrons. The first-order chi connectivity index (χ1) is 17.7. The van der Waals surface area contributed by atoms with Gasteiger partial charge in [0.05, 0.1) is 0 Å². The average Bonchev–Trinajstić information content (AvgIpc) is 2.89. The van der Waals surface area contributed by atoms with Gasteiger partial charge in [-0.2, -0.15) is 0 Å². The molecule has 4 aromatic carbocycles. The Kier molecular flexibility index (Phi) is 7.77. The standard InChI is InChI=1S/C33H38N2O2/c1-5-32(2,3)33(4,22-24-6-14-28(15-7-24)36-30-18-10-26(34)11-19-30)23-25-8-16-29(17-9-25)37-31-20-12-27(35)13-21-31/h6-21H,5,22-23,34-35H2,1-4H3. The summed E-state index contributed by atoms with van der Waals surface area (Å²) in [5.41, 5.74) is 15.8. The van der Waals surface area contributed by atoms with Gasteiger partial charge in [0.2, 0.25) is 0 Å². The van der Waals surface area contributed by atoms with Crippen LogP contribution in [0.4, 0.5) is 11.4 Å². The van der Waals surface area contributed by atoms with Crippen molar-refractivity contribution in [1.29, 1.82) is 0 Å². The number of benzene rings is 4. The average molecular weight is 495 g/mol. The van der Waals surface area contributed by atoms with Crippen molar-refractivity contribution in [3.05, 3.63) is 108 Å². The first-order valence-corrected chi connectivity index (χ1v) is 12.9. The summed E-state index contributed by atoms with van der Waals surface area (Å²) in [6.07, 6.45) is 3.04. The quantitative estimate of drug-likeness (QED) is 0.216. The van der Waals surface area contributed by atoms with E-state index in [1.165, 1.54) is 11.1 Å². The molecule has 0 fully saturated rings. The molecular formula is C33H38N2O2. The van der Waals surface area contributed by atoms with Crippen LogP contribution in [-0.2, 0) is 12.8 Å². The number of anilines is 2. The lowest BCUT2D eigenvalue weighted by Crippen LogP contribution is -2.38. The van der Waals surface area contributed by atoms with Crippen LogP contribution in [0, 0.1) is 10.8 Å². The molecular weight excluding hydrogens is 456 g/mol. The van der Waals surface area contributed by atoms with Crippen LogP contribution in [0.2, 0.25) is 0 Å². The predicted octanol–water partition coefficient (Wildman–Crippen LogP) is 8.66. The highest BCUT2D eigenvalue weighted by Gasteiger charge is 2.39. The van der Waals surface area contributed by atoms with Gasteiger partial charge in [-0.25, -0.2) is 0 Å². The molecule has 0 spiro atoms. The Morgan fingerprint density at radius 2 is 0.811 bits per heavy atom. The Labute approximate surface area is 221 Å². The van der Waals surface area contributed by atoms with Gasteiger partial charge >= 0.3 is 0 Å². The van der Waals surface area contributed by atoms with Crippen molar-refractivity contribution >= 4 is 11.4 Å². The van der Waals surface area contributed by atoms with Crippen LogP contribution in [0.5, 0.6) is 23.0 Å². The molecule has 0 aliphatic carbocycles. The normalized spacial score (nSPS) is 11.8. The van der Waals surface area contributed by atoms with E-state index in [9.17, 15) is 0 Å². The molecule has 0 atom stereocenters. The molecule has 0 bridgehead atoms. The zero-order valence-corrected chi connectivity index (χ0v) is 22.3. The van der Waals surface area contributed by atoms with E-state index in [0.717, 1.165) is 53.6 Å². The summed E-state index contributed by atoms with van der Waals surface area (Å²) in [6.45, 7) is 9.45.